The van der Waals surface area contributed by atoms with Crippen LogP contribution in [0.5, 0.6) is 5.75 Å². The number of carbonyl (C=O) groups is 2. The summed E-state index contributed by atoms with van der Waals surface area (Å²) in [5.41, 5.74) is 0.0973. The van der Waals surface area contributed by atoms with Crippen molar-refractivity contribution in [2.75, 3.05) is 24.7 Å². The summed E-state index contributed by atoms with van der Waals surface area (Å²) in [7, 11) is 0. The quantitative estimate of drug-likeness (QED) is 0.432. The summed E-state index contributed by atoms with van der Waals surface area (Å²) in [6, 6.07) is 9.82. The minimum atomic E-state index is -4.92. The van der Waals surface area contributed by atoms with Gasteiger partial charge in [0.2, 0.25) is 0 Å². The Morgan fingerprint density at radius 1 is 0.943 bits per heavy atom. The number of rotatable bonds is 9. The molecule has 0 aliphatic heterocycles. The van der Waals surface area contributed by atoms with E-state index < -0.39 is 30.0 Å². The zero-order valence-corrected chi connectivity index (χ0v) is 18.7. The van der Waals surface area contributed by atoms with Gasteiger partial charge in [0.15, 0.2) is 0 Å². The van der Waals surface area contributed by atoms with Crippen molar-refractivity contribution in [2.24, 2.45) is 11.8 Å². The van der Waals surface area contributed by atoms with Crippen LogP contribution in [0.1, 0.15) is 25.7 Å². The molecule has 1 amide bonds. The van der Waals surface area contributed by atoms with Gasteiger partial charge in [-0.15, -0.1) is 13.2 Å². The molecule has 7 nitrogen and oxygen atoms in total. The van der Waals surface area contributed by atoms with E-state index in [4.69, 9.17) is 14.6 Å². The fourth-order valence-electron chi connectivity index (χ4n) is 3.93. The predicted molar refractivity (Wildman–Crippen MR) is 117 cm³/mol. The van der Waals surface area contributed by atoms with E-state index in [2.05, 4.69) is 4.74 Å². The number of hydrogen-bond acceptors (Lipinski definition) is 5. The van der Waals surface area contributed by atoms with E-state index in [1.165, 1.54) is 30.3 Å². The van der Waals surface area contributed by atoms with Crippen molar-refractivity contribution in [1.82, 2.24) is 0 Å². The number of carbonyl (C=O) groups excluding carboxylic acids is 1. The lowest BCUT2D eigenvalue weighted by Gasteiger charge is -2.29. The van der Waals surface area contributed by atoms with E-state index in [9.17, 15) is 27.2 Å². The van der Waals surface area contributed by atoms with E-state index in [0.29, 0.717) is 6.61 Å². The van der Waals surface area contributed by atoms with Crippen molar-refractivity contribution in [1.29, 1.82) is 0 Å². The molecule has 0 radical (unpaired) electrons. The van der Waals surface area contributed by atoms with Gasteiger partial charge in [0.1, 0.15) is 18.2 Å². The van der Waals surface area contributed by atoms with Crippen LogP contribution in [0.3, 0.4) is 0 Å². The zero-order valence-electron chi connectivity index (χ0n) is 18.7. The normalized spacial score (nSPS) is 18.1. The molecule has 1 saturated carbocycles. The van der Waals surface area contributed by atoms with Gasteiger partial charge in [0.05, 0.1) is 24.6 Å². The number of anilines is 2. The van der Waals surface area contributed by atoms with Crippen LogP contribution in [0.2, 0.25) is 0 Å². The van der Waals surface area contributed by atoms with E-state index in [1.54, 1.807) is 0 Å². The Bertz CT molecular complexity index is 1010. The molecule has 35 heavy (non-hydrogen) atoms. The first-order valence-corrected chi connectivity index (χ1v) is 11.0. The van der Waals surface area contributed by atoms with Crippen molar-refractivity contribution in [3.63, 3.8) is 0 Å². The molecule has 2 aromatic carbocycles. The highest BCUT2D eigenvalue weighted by Gasteiger charge is 2.32. The Balaban J connectivity index is 1.66. The molecule has 0 unspecified atom stereocenters. The average Bonchev–Trinajstić information content (AvgIpc) is 2.78. The van der Waals surface area contributed by atoms with Gasteiger partial charge in [0.25, 0.3) is 0 Å². The van der Waals surface area contributed by atoms with Gasteiger partial charge in [0, 0.05) is 6.07 Å². The SMILES string of the molecule is O=C(O)COCC1CCC(COC(=O)N(c2cccc(F)c2)c2cccc(OC(F)(F)F)c2)CC1. The predicted octanol–water partition coefficient (Wildman–Crippen LogP) is 5.91. The first-order valence-electron chi connectivity index (χ1n) is 11.0. The second kappa shape index (κ2) is 11.9. The summed E-state index contributed by atoms with van der Waals surface area (Å²) in [5, 5.41) is 8.64. The Labute approximate surface area is 199 Å². The summed E-state index contributed by atoms with van der Waals surface area (Å²) < 4.78 is 66.4. The van der Waals surface area contributed by atoms with Crippen LogP contribution in [-0.2, 0) is 14.3 Å². The second-order valence-electron chi connectivity index (χ2n) is 8.23. The van der Waals surface area contributed by atoms with Crippen LogP contribution >= 0.6 is 0 Å². The molecule has 0 saturated heterocycles. The Morgan fingerprint density at radius 3 is 2.14 bits per heavy atom. The monoisotopic (exact) mass is 499 g/mol. The highest BCUT2D eigenvalue weighted by atomic mass is 19.4. The van der Waals surface area contributed by atoms with Crippen LogP contribution in [0.4, 0.5) is 33.7 Å². The molecule has 1 fully saturated rings. The van der Waals surface area contributed by atoms with Crippen LogP contribution in [0.25, 0.3) is 0 Å². The summed E-state index contributed by atoms with van der Waals surface area (Å²) in [6.07, 6.45) is -2.74. The van der Waals surface area contributed by atoms with Gasteiger partial charge in [-0.25, -0.2) is 18.9 Å². The van der Waals surface area contributed by atoms with Gasteiger partial charge in [-0.2, -0.15) is 0 Å². The summed E-state index contributed by atoms with van der Waals surface area (Å²) >= 11 is 0. The Kier molecular flexibility index (Phi) is 8.91. The fourth-order valence-corrected chi connectivity index (χ4v) is 3.93. The molecule has 3 rings (SSSR count). The van der Waals surface area contributed by atoms with Crippen LogP contribution in [0.15, 0.2) is 48.5 Å². The van der Waals surface area contributed by atoms with E-state index in [1.807, 2.05) is 0 Å². The molecule has 1 N–H and O–H groups in total. The largest absolute Gasteiger partial charge is 0.573 e. The van der Waals surface area contributed by atoms with Crippen molar-refractivity contribution in [3.8, 4) is 5.75 Å². The minimum absolute atomic E-state index is 0.0154. The summed E-state index contributed by atoms with van der Waals surface area (Å²) in [6.45, 7) is 0.0806. The third kappa shape index (κ3) is 8.43. The van der Waals surface area contributed by atoms with Crippen molar-refractivity contribution in [2.45, 2.75) is 32.0 Å². The first-order chi connectivity index (χ1) is 16.6. The van der Waals surface area contributed by atoms with Crippen molar-refractivity contribution < 1.29 is 46.5 Å². The lowest BCUT2D eigenvalue weighted by atomic mass is 9.83. The van der Waals surface area contributed by atoms with E-state index in [-0.39, 0.29) is 36.4 Å². The molecule has 190 valence electrons. The zero-order chi connectivity index (χ0) is 25.4. The number of alkyl halides is 3. The number of hydrogen-bond donors (Lipinski definition) is 1. The molecular weight excluding hydrogens is 474 g/mol. The molecule has 0 spiro atoms. The van der Waals surface area contributed by atoms with E-state index >= 15 is 0 Å². The van der Waals surface area contributed by atoms with Gasteiger partial charge >= 0.3 is 18.4 Å². The first kappa shape index (κ1) is 26.3. The summed E-state index contributed by atoms with van der Waals surface area (Å²) in [5.74, 6) is -1.91. The number of aliphatic carboxylic acids is 1. The number of carboxylic acid groups (broad SMARTS) is 1. The van der Waals surface area contributed by atoms with Crippen LogP contribution < -0.4 is 9.64 Å². The third-order valence-electron chi connectivity index (χ3n) is 5.55. The fraction of sp³-hybridized carbons (Fsp3) is 0.417. The number of halogens is 4. The number of nitrogens with zero attached hydrogens (tertiary/aromatic N) is 1. The lowest BCUT2D eigenvalue weighted by Crippen LogP contribution is -2.30. The highest BCUT2D eigenvalue weighted by Crippen LogP contribution is 2.33. The van der Waals surface area contributed by atoms with Crippen LogP contribution in [-0.4, -0.2) is 43.4 Å². The van der Waals surface area contributed by atoms with Gasteiger partial charge < -0.3 is 19.3 Å². The van der Waals surface area contributed by atoms with Crippen molar-refractivity contribution >= 4 is 23.4 Å². The van der Waals surface area contributed by atoms with Crippen LogP contribution in [0, 0.1) is 17.7 Å². The molecule has 0 bridgehead atoms. The molecule has 0 heterocycles. The second-order valence-corrected chi connectivity index (χ2v) is 8.23. The molecule has 11 heteroatoms. The van der Waals surface area contributed by atoms with E-state index in [0.717, 1.165) is 48.8 Å². The van der Waals surface area contributed by atoms with Gasteiger partial charge in [-0.05, 0) is 67.9 Å². The molecule has 1 aliphatic rings. The molecule has 1 aliphatic carbocycles. The Morgan fingerprint density at radius 2 is 1.54 bits per heavy atom. The summed E-state index contributed by atoms with van der Waals surface area (Å²) in [4.78, 5) is 24.5. The molecular formula is C24H25F4NO6. The molecule has 0 aromatic heterocycles. The third-order valence-corrected chi connectivity index (χ3v) is 5.55. The topological polar surface area (TPSA) is 85.3 Å². The smallest absolute Gasteiger partial charge is 0.480 e. The number of benzene rings is 2. The maximum Gasteiger partial charge on any atom is 0.573 e. The number of carboxylic acids is 1. The average molecular weight is 499 g/mol. The Hall–Kier alpha value is -3.34. The highest BCUT2D eigenvalue weighted by molar-refractivity contribution is 5.96. The minimum Gasteiger partial charge on any atom is -0.480 e. The lowest BCUT2D eigenvalue weighted by molar-refractivity contribution is -0.274. The standard InChI is InChI=1S/C24H25F4NO6/c25-18-3-1-4-19(11-18)29(20-5-2-6-21(12-20)35-24(26,27)28)23(32)34-14-17-9-7-16(8-10-17)13-33-15-22(30)31/h1-6,11-12,16-17H,7-10,13-15H2,(H,30,31). The number of amides is 1. The van der Waals surface area contributed by atoms with Crippen molar-refractivity contribution in [3.05, 3.63) is 54.3 Å². The maximum absolute atomic E-state index is 13.9. The van der Waals surface area contributed by atoms with Gasteiger partial charge in [-0.3, -0.25) is 0 Å². The van der Waals surface area contributed by atoms with Gasteiger partial charge in [-0.1, -0.05) is 12.1 Å². The molecule has 2 aromatic rings. The molecule has 0 atom stereocenters. The maximum atomic E-state index is 13.9. The number of ether oxygens (including phenoxy) is 3.